The maximum Gasteiger partial charge on any atom is 0.115 e. The van der Waals surface area contributed by atoms with Crippen LogP contribution in [0.5, 0.6) is 0 Å². The summed E-state index contributed by atoms with van der Waals surface area (Å²) in [7, 11) is 0. The molecule has 2 atom stereocenters. The first-order valence-corrected chi connectivity index (χ1v) is 5.60. The van der Waals surface area contributed by atoms with Gasteiger partial charge >= 0.3 is 0 Å². The van der Waals surface area contributed by atoms with Gasteiger partial charge in [-0.2, -0.15) is 5.26 Å². The highest BCUT2D eigenvalue weighted by Crippen LogP contribution is 2.37. The summed E-state index contributed by atoms with van der Waals surface area (Å²) in [5.74, 6) is 0.196. The van der Waals surface area contributed by atoms with Crippen molar-refractivity contribution in [1.29, 1.82) is 5.26 Å². The fraction of sp³-hybridized carbons (Fsp3) is 0.500. The third-order valence-electron chi connectivity index (χ3n) is 2.43. The summed E-state index contributed by atoms with van der Waals surface area (Å²) >= 11 is 1.69. The second-order valence-electron chi connectivity index (χ2n) is 3.37. The predicted octanol–water partition coefficient (Wildman–Crippen LogP) is 2.26. The lowest BCUT2D eigenvalue weighted by Crippen LogP contribution is -2.07. The summed E-state index contributed by atoms with van der Waals surface area (Å²) in [6, 6.07) is 2.37. The molecule has 0 radical (unpaired) electrons. The minimum atomic E-state index is 0.196. The Labute approximate surface area is 87.6 Å². The Kier molecular flexibility index (Phi) is 3.00. The summed E-state index contributed by atoms with van der Waals surface area (Å²) in [5, 5.41) is 10.3. The summed E-state index contributed by atoms with van der Waals surface area (Å²) in [6.45, 7) is 0. The van der Waals surface area contributed by atoms with Crippen LogP contribution in [-0.2, 0) is 0 Å². The Bertz CT molecular complexity index is 333. The van der Waals surface area contributed by atoms with E-state index in [2.05, 4.69) is 16.0 Å². The zero-order valence-corrected chi connectivity index (χ0v) is 8.57. The molecule has 0 spiro atoms. The van der Waals surface area contributed by atoms with Crippen LogP contribution in [0.2, 0.25) is 0 Å². The van der Waals surface area contributed by atoms with Gasteiger partial charge in [0.25, 0.3) is 0 Å². The van der Waals surface area contributed by atoms with Crippen LogP contribution in [0, 0.1) is 17.2 Å². The van der Waals surface area contributed by atoms with Gasteiger partial charge in [-0.05, 0) is 12.8 Å². The Morgan fingerprint density at radius 3 is 3.07 bits per heavy atom. The molecule has 0 aromatic carbocycles. The van der Waals surface area contributed by atoms with E-state index in [9.17, 15) is 0 Å². The van der Waals surface area contributed by atoms with E-state index < -0.39 is 0 Å². The Hall–Kier alpha value is -1.08. The zero-order chi connectivity index (χ0) is 9.80. The predicted molar refractivity (Wildman–Crippen MR) is 54.6 cm³/mol. The van der Waals surface area contributed by atoms with Crippen molar-refractivity contribution in [1.82, 2.24) is 9.97 Å². The van der Waals surface area contributed by atoms with Crippen molar-refractivity contribution in [2.75, 3.05) is 0 Å². The van der Waals surface area contributed by atoms with Crippen LogP contribution in [-0.4, -0.2) is 15.2 Å². The van der Waals surface area contributed by atoms with Crippen LogP contribution in [0.25, 0.3) is 0 Å². The molecule has 1 saturated carbocycles. The molecule has 1 aromatic rings. The highest BCUT2D eigenvalue weighted by atomic mass is 32.2. The lowest BCUT2D eigenvalue weighted by molar-refractivity contribution is 0.713. The molecule has 1 aromatic heterocycles. The van der Waals surface area contributed by atoms with Crippen molar-refractivity contribution in [2.24, 2.45) is 5.92 Å². The summed E-state index contributed by atoms with van der Waals surface area (Å²) in [4.78, 5) is 8.21. The SMILES string of the molecule is N#CC1CCCC1Sc1cnccn1. The van der Waals surface area contributed by atoms with Gasteiger partial charge in [0.1, 0.15) is 5.03 Å². The Morgan fingerprint density at radius 1 is 1.43 bits per heavy atom. The van der Waals surface area contributed by atoms with Gasteiger partial charge in [-0.3, -0.25) is 4.98 Å². The summed E-state index contributed by atoms with van der Waals surface area (Å²) < 4.78 is 0. The average Bonchev–Trinajstić information content (AvgIpc) is 2.67. The minimum Gasteiger partial charge on any atom is -0.260 e. The molecular weight excluding hydrogens is 194 g/mol. The summed E-state index contributed by atoms with van der Waals surface area (Å²) in [6.07, 6.45) is 8.45. The molecule has 0 saturated heterocycles. The highest BCUT2D eigenvalue weighted by Gasteiger charge is 2.28. The standard InChI is InChI=1S/C10H11N3S/c11-6-8-2-1-3-9(8)14-10-7-12-4-5-13-10/h4-5,7-9H,1-3H2. The molecule has 0 N–H and O–H groups in total. The van der Waals surface area contributed by atoms with Crippen LogP contribution in [0.4, 0.5) is 0 Å². The van der Waals surface area contributed by atoms with Crippen molar-refractivity contribution in [2.45, 2.75) is 29.5 Å². The van der Waals surface area contributed by atoms with E-state index in [1.165, 1.54) is 0 Å². The minimum absolute atomic E-state index is 0.196. The topological polar surface area (TPSA) is 49.6 Å². The largest absolute Gasteiger partial charge is 0.260 e. The zero-order valence-electron chi connectivity index (χ0n) is 7.76. The summed E-state index contributed by atoms with van der Waals surface area (Å²) in [5.41, 5.74) is 0. The molecule has 0 amide bonds. The average molecular weight is 205 g/mol. The third-order valence-corrected chi connectivity index (χ3v) is 3.75. The number of hydrogen-bond donors (Lipinski definition) is 0. The molecule has 4 heteroatoms. The molecule has 2 rings (SSSR count). The molecule has 1 aliphatic rings. The van der Waals surface area contributed by atoms with Crippen LogP contribution in [0.1, 0.15) is 19.3 Å². The fourth-order valence-corrected chi connectivity index (χ4v) is 2.92. The van der Waals surface area contributed by atoms with Crippen molar-refractivity contribution in [3.8, 4) is 6.07 Å². The Morgan fingerprint density at radius 2 is 2.36 bits per heavy atom. The second kappa shape index (κ2) is 4.43. The van der Waals surface area contributed by atoms with Crippen LogP contribution >= 0.6 is 11.8 Å². The smallest absolute Gasteiger partial charge is 0.115 e. The fourth-order valence-electron chi connectivity index (χ4n) is 1.72. The van der Waals surface area contributed by atoms with E-state index >= 15 is 0 Å². The van der Waals surface area contributed by atoms with Gasteiger partial charge < -0.3 is 0 Å². The van der Waals surface area contributed by atoms with E-state index in [-0.39, 0.29) is 5.92 Å². The van der Waals surface area contributed by atoms with Crippen LogP contribution in [0.15, 0.2) is 23.6 Å². The van der Waals surface area contributed by atoms with Gasteiger partial charge in [0.15, 0.2) is 0 Å². The first-order chi connectivity index (χ1) is 6.90. The quantitative estimate of drug-likeness (QED) is 0.743. The third kappa shape index (κ3) is 2.05. The van der Waals surface area contributed by atoms with Crippen molar-refractivity contribution in [3.05, 3.63) is 18.6 Å². The Balaban J connectivity index is 2.01. The molecule has 0 bridgehead atoms. The van der Waals surface area contributed by atoms with Crippen molar-refractivity contribution in [3.63, 3.8) is 0 Å². The van der Waals surface area contributed by atoms with Crippen molar-refractivity contribution < 1.29 is 0 Å². The van der Waals surface area contributed by atoms with E-state index in [1.54, 1.807) is 30.4 Å². The van der Waals surface area contributed by atoms with Gasteiger partial charge in [-0.1, -0.05) is 6.42 Å². The number of nitriles is 1. The maximum atomic E-state index is 8.92. The van der Waals surface area contributed by atoms with E-state index in [1.807, 2.05) is 0 Å². The van der Waals surface area contributed by atoms with Gasteiger partial charge in [-0.15, -0.1) is 11.8 Å². The number of thioether (sulfide) groups is 1. The number of aromatic nitrogens is 2. The normalized spacial score (nSPS) is 25.9. The van der Waals surface area contributed by atoms with Crippen molar-refractivity contribution >= 4 is 11.8 Å². The molecule has 0 aliphatic heterocycles. The molecule has 2 unspecified atom stereocenters. The van der Waals surface area contributed by atoms with Gasteiger partial charge in [0.2, 0.25) is 0 Å². The lowest BCUT2D eigenvalue weighted by Gasteiger charge is -2.10. The van der Waals surface area contributed by atoms with E-state index in [4.69, 9.17) is 5.26 Å². The monoisotopic (exact) mass is 205 g/mol. The molecule has 1 heterocycles. The van der Waals surface area contributed by atoms with Gasteiger partial charge in [0, 0.05) is 17.6 Å². The maximum absolute atomic E-state index is 8.92. The van der Waals surface area contributed by atoms with E-state index in [0.717, 1.165) is 24.3 Å². The number of rotatable bonds is 2. The number of nitrogens with zero attached hydrogens (tertiary/aromatic N) is 3. The molecule has 1 aliphatic carbocycles. The second-order valence-corrected chi connectivity index (χ2v) is 4.63. The lowest BCUT2D eigenvalue weighted by atomic mass is 10.1. The molecule has 14 heavy (non-hydrogen) atoms. The highest BCUT2D eigenvalue weighted by molar-refractivity contribution is 7.99. The molecule has 72 valence electrons. The first-order valence-electron chi connectivity index (χ1n) is 4.72. The molecule has 3 nitrogen and oxygen atoms in total. The van der Waals surface area contributed by atoms with Gasteiger partial charge in [-0.25, -0.2) is 4.98 Å². The van der Waals surface area contributed by atoms with Gasteiger partial charge in [0.05, 0.1) is 18.2 Å². The molecule has 1 fully saturated rings. The van der Waals surface area contributed by atoms with E-state index in [0.29, 0.717) is 5.25 Å². The van der Waals surface area contributed by atoms with Crippen LogP contribution < -0.4 is 0 Å². The number of hydrogen-bond acceptors (Lipinski definition) is 4. The molecular formula is C10H11N3S. The van der Waals surface area contributed by atoms with Crippen LogP contribution in [0.3, 0.4) is 0 Å². The first kappa shape index (κ1) is 9.47.